The van der Waals surface area contributed by atoms with E-state index in [0.29, 0.717) is 12.5 Å². The van der Waals surface area contributed by atoms with Gasteiger partial charge in [0.15, 0.2) is 0 Å². The van der Waals surface area contributed by atoms with E-state index in [2.05, 4.69) is 19.2 Å². The summed E-state index contributed by atoms with van der Waals surface area (Å²) in [4.78, 5) is 24.0. The third-order valence-corrected chi connectivity index (χ3v) is 3.07. The minimum Gasteiger partial charge on any atom is -0.460 e. The lowest BCUT2D eigenvalue weighted by molar-refractivity contribution is -0.160. The number of nitrogens with one attached hydrogen (secondary N) is 1. The van der Waals surface area contributed by atoms with Crippen molar-refractivity contribution in [1.29, 1.82) is 0 Å². The van der Waals surface area contributed by atoms with Crippen molar-refractivity contribution in [3.8, 4) is 0 Å². The van der Waals surface area contributed by atoms with E-state index in [9.17, 15) is 9.59 Å². The third kappa shape index (κ3) is 4.00. The summed E-state index contributed by atoms with van der Waals surface area (Å²) in [6.45, 7) is 10.3. The molecule has 0 saturated carbocycles. The highest BCUT2D eigenvalue weighted by Gasteiger charge is 2.45. The van der Waals surface area contributed by atoms with Crippen molar-refractivity contribution in [3.63, 3.8) is 0 Å². The van der Waals surface area contributed by atoms with Crippen LogP contribution in [0, 0.1) is 11.3 Å². The topological polar surface area (TPSA) is 55.4 Å². The number of carbonyl (C=O) groups is 2. The molecule has 0 aromatic rings. The van der Waals surface area contributed by atoms with Crippen LogP contribution in [0.3, 0.4) is 0 Å². The van der Waals surface area contributed by atoms with Crippen LogP contribution in [-0.4, -0.2) is 24.0 Å². The Kier molecular flexibility index (Phi) is 4.41. The van der Waals surface area contributed by atoms with Crippen LogP contribution in [0.5, 0.6) is 0 Å². The van der Waals surface area contributed by atoms with Gasteiger partial charge in [-0.3, -0.25) is 9.59 Å². The molecule has 104 valence electrons. The lowest BCUT2D eigenvalue weighted by atomic mass is 9.76. The Labute approximate surface area is 109 Å². The van der Waals surface area contributed by atoms with Gasteiger partial charge in [0.25, 0.3) is 0 Å². The van der Waals surface area contributed by atoms with Crippen LogP contribution in [0.2, 0.25) is 0 Å². The molecular formula is C14H25NO3. The molecule has 1 rings (SSSR count). The first kappa shape index (κ1) is 15.0. The predicted molar refractivity (Wildman–Crippen MR) is 70.0 cm³/mol. The molecular weight excluding hydrogens is 230 g/mol. The molecule has 0 radical (unpaired) electrons. The molecule has 0 bridgehead atoms. The summed E-state index contributed by atoms with van der Waals surface area (Å²) in [5.74, 6) is 0.110. The molecule has 1 atom stereocenters. The standard InChI is InChI=1S/C14H25NO3/c1-10(2)8-14(6-7-15-12(14)17)9-11(16)18-13(3,4)5/h10H,6-9H2,1-5H3,(H,15,17)/t14-/m1/s1. The van der Waals surface area contributed by atoms with Gasteiger partial charge < -0.3 is 10.1 Å². The van der Waals surface area contributed by atoms with Crippen molar-refractivity contribution in [1.82, 2.24) is 5.32 Å². The van der Waals surface area contributed by atoms with E-state index in [1.807, 2.05) is 20.8 Å². The molecule has 1 N–H and O–H groups in total. The van der Waals surface area contributed by atoms with Crippen molar-refractivity contribution < 1.29 is 14.3 Å². The molecule has 0 spiro atoms. The van der Waals surface area contributed by atoms with Gasteiger partial charge in [0.1, 0.15) is 5.60 Å². The Balaban J connectivity index is 2.74. The lowest BCUT2D eigenvalue weighted by Crippen LogP contribution is -2.37. The van der Waals surface area contributed by atoms with E-state index in [4.69, 9.17) is 4.74 Å². The summed E-state index contributed by atoms with van der Waals surface area (Å²) >= 11 is 0. The number of hydrogen-bond acceptors (Lipinski definition) is 3. The largest absolute Gasteiger partial charge is 0.460 e. The minimum absolute atomic E-state index is 0.00191. The minimum atomic E-state index is -0.559. The lowest BCUT2D eigenvalue weighted by Gasteiger charge is -2.29. The first-order chi connectivity index (χ1) is 8.15. The van der Waals surface area contributed by atoms with Crippen LogP contribution in [0.4, 0.5) is 0 Å². The molecule has 0 unspecified atom stereocenters. The van der Waals surface area contributed by atoms with Gasteiger partial charge in [0, 0.05) is 6.54 Å². The van der Waals surface area contributed by atoms with Gasteiger partial charge in [-0.1, -0.05) is 13.8 Å². The van der Waals surface area contributed by atoms with E-state index in [1.165, 1.54) is 0 Å². The highest BCUT2D eigenvalue weighted by Crippen LogP contribution is 2.38. The summed E-state index contributed by atoms with van der Waals surface area (Å²) in [7, 11) is 0. The quantitative estimate of drug-likeness (QED) is 0.784. The second kappa shape index (κ2) is 5.29. The molecule has 4 nitrogen and oxygen atoms in total. The van der Waals surface area contributed by atoms with Gasteiger partial charge in [-0.2, -0.15) is 0 Å². The SMILES string of the molecule is CC(C)C[C@@]1(CC(=O)OC(C)(C)C)CCNC1=O. The van der Waals surface area contributed by atoms with Gasteiger partial charge in [-0.15, -0.1) is 0 Å². The van der Waals surface area contributed by atoms with Crippen LogP contribution in [0.1, 0.15) is 53.9 Å². The Bertz CT molecular complexity index is 330. The zero-order chi connectivity index (χ0) is 14.0. The molecule has 0 aromatic carbocycles. The molecule has 18 heavy (non-hydrogen) atoms. The summed E-state index contributed by atoms with van der Waals surface area (Å²) in [5.41, 5.74) is -1.05. The molecule has 1 amide bonds. The summed E-state index contributed by atoms with van der Waals surface area (Å²) in [6.07, 6.45) is 1.65. The van der Waals surface area contributed by atoms with Crippen molar-refractivity contribution in [2.24, 2.45) is 11.3 Å². The number of hydrogen-bond donors (Lipinski definition) is 1. The van der Waals surface area contributed by atoms with Gasteiger partial charge in [0.05, 0.1) is 11.8 Å². The van der Waals surface area contributed by atoms with Crippen molar-refractivity contribution in [3.05, 3.63) is 0 Å². The maximum absolute atomic E-state index is 12.0. The molecule has 1 aliphatic rings. The zero-order valence-electron chi connectivity index (χ0n) is 12.1. The Morgan fingerprint density at radius 2 is 2.06 bits per heavy atom. The highest BCUT2D eigenvalue weighted by atomic mass is 16.6. The molecule has 1 heterocycles. The van der Waals surface area contributed by atoms with Gasteiger partial charge in [0.2, 0.25) is 5.91 Å². The average molecular weight is 255 g/mol. The van der Waals surface area contributed by atoms with Crippen LogP contribution in [0.25, 0.3) is 0 Å². The smallest absolute Gasteiger partial charge is 0.307 e. The van der Waals surface area contributed by atoms with E-state index in [1.54, 1.807) is 0 Å². The first-order valence-corrected chi connectivity index (χ1v) is 6.65. The summed E-state index contributed by atoms with van der Waals surface area (Å²) in [5, 5.41) is 2.84. The van der Waals surface area contributed by atoms with Crippen LogP contribution in [-0.2, 0) is 14.3 Å². The van der Waals surface area contributed by atoms with Gasteiger partial charge in [-0.25, -0.2) is 0 Å². The monoisotopic (exact) mass is 255 g/mol. The third-order valence-electron chi connectivity index (χ3n) is 3.07. The number of ether oxygens (including phenoxy) is 1. The van der Waals surface area contributed by atoms with Crippen LogP contribution < -0.4 is 5.32 Å². The fourth-order valence-electron chi connectivity index (χ4n) is 2.59. The molecule has 0 aliphatic carbocycles. The molecule has 1 fully saturated rings. The first-order valence-electron chi connectivity index (χ1n) is 6.65. The number of esters is 1. The Morgan fingerprint density at radius 1 is 1.44 bits per heavy atom. The van der Waals surface area contributed by atoms with E-state index in [-0.39, 0.29) is 18.3 Å². The van der Waals surface area contributed by atoms with E-state index >= 15 is 0 Å². The molecule has 0 aromatic heterocycles. The highest BCUT2D eigenvalue weighted by molar-refractivity contribution is 5.89. The second-order valence-corrected chi connectivity index (χ2v) is 6.65. The maximum Gasteiger partial charge on any atom is 0.307 e. The maximum atomic E-state index is 12.0. The number of carbonyl (C=O) groups excluding carboxylic acids is 2. The van der Waals surface area contributed by atoms with Crippen LogP contribution >= 0.6 is 0 Å². The second-order valence-electron chi connectivity index (χ2n) is 6.65. The normalized spacial score (nSPS) is 24.2. The van der Waals surface area contributed by atoms with Crippen molar-refractivity contribution >= 4 is 11.9 Å². The summed E-state index contributed by atoms with van der Waals surface area (Å²) in [6, 6.07) is 0. The molecule has 1 saturated heterocycles. The van der Waals surface area contributed by atoms with Crippen molar-refractivity contribution in [2.45, 2.75) is 59.5 Å². The fraction of sp³-hybridized carbons (Fsp3) is 0.857. The van der Waals surface area contributed by atoms with Crippen molar-refractivity contribution in [2.75, 3.05) is 6.54 Å². The summed E-state index contributed by atoms with van der Waals surface area (Å²) < 4.78 is 5.34. The molecule has 1 aliphatic heterocycles. The average Bonchev–Trinajstić information content (AvgIpc) is 2.42. The van der Waals surface area contributed by atoms with Crippen LogP contribution in [0.15, 0.2) is 0 Å². The fourth-order valence-corrected chi connectivity index (χ4v) is 2.59. The molecule has 4 heteroatoms. The Hall–Kier alpha value is -1.06. The van der Waals surface area contributed by atoms with Gasteiger partial charge >= 0.3 is 5.97 Å². The number of amides is 1. The van der Waals surface area contributed by atoms with E-state index in [0.717, 1.165) is 12.8 Å². The Morgan fingerprint density at radius 3 is 2.44 bits per heavy atom. The zero-order valence-corrected chi connectivity index (χ0v) is 12.1. The number of rotatable bonds is 4. The van der Waals surface area contributed by atoms with Gasteiger partial charge in [-0.05, 0) is 39.5 Å². The van der Waals surface area contributed by atoms with E-state index < -0.39 is 11.0 Å². The predicted octanol–water partition coefficient (Wildman–Crippen LogP) is 2.27.